The average molecular weight is 656 g/mol. The van der Waals surface area contributed by atoms with Gasteiger partial charge in [0.15, 0.2) is 15.9 Å². The summed E-state index contributed by atoms with van der Waals surface area (Å²) in [5.74, 6) is -1.77. The van der Waals surface area contributed by atoms with E-state index in [9.17, 15) is 19.1 Å². The highest BCUT2D eigenvalue weighted by atomic mass is 32.2. The van der Waals surface area contributed by atoms with Gasteiger partial charge in [-0.1, -0.05) is 91.0 Å². The fraction of sp³-hybridized carbons (Fsp3) is 0.200. The highest BCUT2D eigenvalue weighted by Gasteiger charge is 2.48. The average Bonchev–Trinajstić information content (AvgIpc) is 3.65. The number of nitrogens with zero attached hydrogens (tertiary/aromatic N) is 3. The van der Waals surface area contributed by atoms with Crippen molar-refractivity contribution in [2.45, 2.75) is 35.9 Å². The van der Waals surface area contributed by atoms with Crippen LogP contribution in [0.15, 0.2) is 94.8 Å². The van der Waals surface area contributed by atoms with E-state index in [4.69, 9.17) is 9.47 Å². The van der Waals surface area contributed by atoms with Crippen LogP contribution in [0.3, 0.4) is 0 Å². The Morgan fingerprint density at radius 1 is 1.02 bits per heavy atom. The van der Waals surface area contributed by atoms with Crippen molar-refractivity contribution < 1.29 is 28.6 Å². The summed E-state index contributed by atoms with van der Waals surface area (Å²) in [7, 11) is 1.33. The van der Waals surface area contributed by atoms with Gasteiger partial charge in [-0.2, -0.15) is 0 Å². The molecule has 0 saturated carbocycles. The van der Waals surface area contributed by atoms with Crippen molar-refractivity contribution in [3.8, 4) is 11.5 Å². The fourth-order valence-corrected chi connectivity index (χ4v) is 7.18. The summed E-state index contributed by atoms with van der Waals surface area (Å²) >= 11 is 2.66. The highest BCUT2D eigenvalue weighted by molar-refractivity contribution is 8.00. The second kappa shape index (κ2) is 13.7. The van der Waals surface area contributed by atoms with Crippen molar-refractivity contribution in [2.75, 3.05) is 18.6 Å². The number of unbranched alkanes of at least 4 members (excludes halogenated alkanes) is 1. The number of methoxy groups -OCH3 is 1. The van der Waals surface area contributed by atoms with Crippen LogP contribution in [0, 0.1) is 5.82 Å². The molecule has 0 unspecified atom stereocenters. The van der Waals surface area contributed by atoms with Crippen LogP contribution in [0.4, 0.5) is 9.52 Å². The minimum absolute atomic E-state index is 0.0189. The molecule has 0 aliphatic carbocycles. The van der Waals surface area contributed by atoms with E-state index in [1.807, 2.05) is 18.2 Å². The molecule has 2 heterocycles. The van der Waals surface area contributed by atoms with Gasteiger partial charge in [0.05, 0.1) is 25.3 Å². The zero-order valence-corrected chi connectivity index (χ0v) is 26.7. The van der Waals surface area contributed by atoms with E-state index < -0.39 is 29.3 Å². The number of aliphatic hydroxyl groups is 1. The lowest BCUT2D eigenvalue weighted by molar-refractivity contribution is -0.132. The number of amides is 1. The van der Waals surface area contributed by atoms with E-state index >= 15 is 0 Å². The smallest absolute Gasteiger partial charge is 0.301 e. The molecule has 1 N–H and O–H groups in total. The van der Waals surface area contributed by atoms with Crippen LogP contribution in [0.2, 0.25) is 0 Å². The lowest BCUT2D eigenvalue weighted by Crippen LogP contribution is -2.29. The molecule has 1 fully saturated rings. The van der Waals surface area contributed by atoms with Gasteiger partial charge in [0, 0.05) is 11.3 Å². The fourth-order valence-electron chi connectivity index (χ4n) is 5.31. The van der Waals surface area contributed by atoms with Crippen LogP contribution in [-0.2, 0) is 15.3 Å². The van der Waals surface area contributed by atoms with Crippen molar-refractivity contribution in [3.63, 3.8) is 0 Å². The second-order valence-corrected chi connectivity index (χ2v) is 12.7. The van der Waals surface area contributed by atoms with Gasteiger partial charge >= 0.3 is 5.91 Å². The number of rotatable bonds is 11. The van der Waals surface area contributed by atoms with Gasteiger partial charge < -0.3 is 14.6 Å². The van der Waals surface area contributed by atoms with Gasteiger partial charge in [-0.05, 0) is 58.7 Å². The van der Waals surface area contributed by atoms with Gasteiger partial charge in [-0.15, -0.1) is 10.2 Å². The normalized spacial score (nSPS) is 15.9. The third-order valence-corrected chi connectivity index (χ3v) is 9.77. The molecule has 1 amide bonds. The number of fused-ring (bicyclic) bond motifs is 1. The number of carbonyl (C=O) groups is 2. The third kappa shape index (κ3) is 6.20. The molecule has 6 rings (SSSR count). The van der Waals surface area contributed by atoms with Gasteiger partial charge in [0.1, 0.15) is 11.5 Å². The van der Waals surface area contributed by atoms with Crippen LogP contribution >= 0.6 is 23.1 Å². The number of benzene rings is 4. The van der Waals surface area contributed by atoms with Crippen LogP contribution in [0.1, 0.15) is 42.5 Å². The quantitative estimate of drug-likeness (QED) is 0.0382. The number of ether oxygens (including phenoxy) is 2. The van der Waals surface area contributed by atoms with E-state index in [-0.39, 0.29) is 22.0 Å². The Morgan fingerprint density at radius 3 is 2.57 bits per heavy atom. The van der Waals surface area contributed by atoms with Gasteiger partial charge in [0.25, 0.3) is 5.78 Å². The number of Topliss-reactive ketones (excluding diaryl/α,β-unsaturated/α-hetero) is 1. The van der Waals surface area contributed by atoms with Crippen molar-refractivity contribution >= 4 is 56.5 Å². The molecule has 1 aliphatic rings. The topological polar surface area (TPSA) is 102 Å². The third-order valence-electron chi connectivity index (χ3n) is 7.67. The number of carbonyl (C=O) groups excluding carboxylic acids is 2. The van der Waals surface area contributed by atoms with Crippen LogP contribution in [0.5, 0.6) is 11.5 Å². The Labute approximate surface area is 273 Å². The number of aromatic nitrogens is 2. The zero-order chi connectivity index (χ0) is 32.2. The number of thioether (sulfide) groups is 1. The molecule has 1 saturated heterocycles. The summed E-state index contributed by atoms with van der Waals surface area (Å²) in [6.07, 6.45) is 1.89. The monoisotopic (exact) mass is 655 g/mol. The molecule has 5 aromatic rings. The molecule has 46 heavy (non-hydrogen) atoms. The summed E-state index contributed by atoms with van der Waals surface area (Å²) in [6, 6.07) is 24.1. The first kappa shape index (κ1) is 31.3. The standard InChI is InChI=1S/C35H30FN3O5S2/c1-3-4-18-44-25-15-12-22(13-16-25)30-29(31(40)23-14-17-28(43-2)27(36)19-23)32(41)33(42)39(30)34-37-38-35(46-34)45-20-24-10-7-9-21-8-5-6-11-26(21)24/h5-17,19,30,40H,3-4,18,20H2,1-2H3/t30-/m0/s1. The Morgan fingerprint density at radius 2 is 1.80 bits per heavy atom. The molecule has 1 atom stereocenters. The van der Waals surface area contributed by atoms with E-state index in [0.717, 1.165) is 35.2 Å². The van der Waals surface area contributed by atoms with Gasteiger partial charge in [0.2, 0.25) is 5.13 Å². The molecule has 234 valence electrons. The molecule has 8 nitrogen and oxygen atoms in total. The maximum atomic E-state index is 14.6. The minimum atomic E-state index is -1.04. The Bertz CT molecular complexity index is 1940. The first-order valence-corrected chi connectivity index (χ1v) is 16.5. The highest BCUT2D eigenvalue weighted by Crippen LogP contribution is 2.44. The molecule has 1 aromatic heterocycles. The molecule has 11 heteroatoms. The van der Waals surface area contributed by atoms with E-state index in [1.165, 1.54) is 47.2 Å². The predicted octanol–water partition coefficient (Wildman–Crippen LogP) is 7.94. The lowest BCUT2D eigenvalue weighted by Gasteiger charge is -2.22. The maximum Gasteiger partial charge on any atom is 0.301 e. The molecular weight excluding hydrogens is 626 g/mol. The summed E-state index contributed by atoms with van der Waals surface area (Å²) in [4.78, 5) is 28.5. The SMILES string of the molecule is CCCCOc1ccc([C@H]2C(=C(O)c3ccc(OC)c(F)c3)C(=O)C(=O)N2c2nnc(SCc3cccc4ccccc34)s2)cc1. The van der Waals surface area contributed by atoms with Gasteiger partial charge in [-0.3, -0.25) is 14.5 Å². The first-order valence-electron chi connectivity index (χ1n) is 14.7. The van der Waals surface area contributed by atoms with E-state index in [2.05, 4.69) is 41.4 Å². The van der Waals surface area contributed by atoms with Crippen molar-refractivity contribution in [1.29, 1.82) is 0 Å². The maximum absolute atomic E-state index is 14.6. The lowest BCUT2D eigenvalue weighted by atomic mass is 9.95. The van der Waals surface area contributed by atoms with Crippen LogP contribution in [0.25, 0.3) is 16.5 Å². The molecule has 1 aliphatic heterocycles. The van der Waals surface area contributed by atoms with E-state index in [0.29, 0.717) is 28.0 Å². The number of hydrogen-bond donors (Lipinski definition) is 1. The summed E-state index contributed by atoms with van der Waals surface area (Å²) in [6.45, 7) is 2.63. The summed E-state index contributed by atoms with van der Waals surface area (Å²) in [5.41, 5.74) is 1.52. The number of hydrogen-bond acceptors (Lipinski definition) is 9. The van der Waals surface area contributed by atoms with Crippen molar-refractivity contribution in [2.24, 2.45) is 0 Å². The number of aliphatic hydroxyl groups excluding tert-OH is 1. The number of anilines is 1. The minimum Gasteiger partial charge on any atom is -0.507 e. The number of halogens is 1. The Balaban J connectivity index is 1.36. The summed E-state index contributed by atoms with van der Waals surface area (Å²) in [5, 5.41) is 22.5. The zero-order valence-electron chi connectivity index (χ0n) is 25.1. The van der Waals surface area contributed by atoms with Crippen molar-refractivity contribution in [3.05, 3.63) is 113 Å². The van der Waals surface area contributed by atoms with Crippen molar-refractivity contribution in [1.82, 2.24) is 10.2 Å². The van der Waals surface area contributed by atoms with Crippen LogP contribution < -0.4 is 14.4 Å². The molecular formula is C35H30FN3O5S2. The van der Waals surface area contributed by atoms with Gasteiger partial charge in [-0.25, -0.2) is 4.39 Å². The summed E-state index contributed by atoms with van der Waals surface area (Å²) < 4.78 is 26.0. The number of ketones is 1. The largest absolute Gasteiger partial charge is 0.507 e. The molecule has 0 bridgehead atoms. The Kier molecular flexibility index (Phi) is 9.32. The second-order valence-electron chi connectivity index (χ2n) is 10.6. The molecule has 4 aromatic carbocycles. The Hall–Kier alpha value is -4.74. The first-order chi connectivity index (χ1) is 22.4. The predicted molar refractivity (Wildman–Crippen MR) is 178 cm³/mol. The van der Waals surface area contributed by atoms with Crippen LogP contribution in [-0.4, -0.2) is 40.7 Å². The molecule has 0 radical (unpaired) electrons. The molecule has 0 spiro atoms. The van der Waals surface area contributed by atoms with E-state index in [1.54, 1.807) is 24.3 Å².